The second-order valence-electron chi connectivity index (χ2n) is 9.48. The molecule has 0 saturated carbocycles. The number of allylic oxidation sites excluding steroid dienone is 2. The van der Waals surface area contributed by atoms with Gasteiger partial charge in [0, 0.05) is 11.6 Å². The van der Waals surface area contributed by atoms with Gasteiger partial charge >= 0.3 is 0 Å². The fraction of sp³-hybridized carbons (Fsp3) is 0.355. The highest BCUT2D eigenvalue weighted by Crippen LogP contribution is 2.50. The molecule has 0 bridgehead atoms. The molecule has 3 heteroatoms. The van der Waals surface area contributed by atoms with Crippen molar-refractivity contribution in [1.82, 2.24) is 0 Å². The van der Waals surface area contributed by atoms with Crippen molar-refractivity contribution in [3.63, 3.8) is 0 Å². The Kier molecular flexibility index (Phi) is 7.19. The summed E-state index contributed by atoms with van der Waals surface area (Å²) in [5.74, 6) is 2.85. The maximum Gasteiger partial charge on any atom is 0.119 e. The van der Waals surface area contributed by atoms with Crippen molar-refractivity contribution in [2.24, 2.45) is 5.92 Å². The molecule has 2 aliphatic rings. The number of benzene rings is 3. The van der Waals surface area contributed by atoms with E-state index in [0.29, 0.717) is 18.4 Å². The number of hydrogen-bond acceptors (Lipinski definition) is 3. The molecule has 0 spiro atoms. The standard InChI is InChI=1S/C31H35NO2/c1-2-3-4-8-20-33-26-18-19-30-29(21-26)27-12-9-13-28(27)31(32-30)24-14-16-25(17-15-24)34-22-23-10-6-5-7-11-23/h5-7,9-12,14-19,21,27-28,31-32H,2-4,8,13,20,22H2,1H3. The van der Waals surface area contributed by atoms with E-state index in [9.17, 15) is 0 Å². The fourth-order valence-electron chi connectivity index (χ4n) is 5.22. The van der Waals surface area contributed by atoms with Crippen molar-refractivity contribution in [2.45, 2.75) is 57.6 Å². The SMILES string of the molecule is CCCCCCOc1ccc2c(c1)C1C=CCC1C(c1ccc(OCc3ccccc3)cc1)N2. The minimum absolute atomic E-state index is 0.288. The van der Waals surface area contributed by atoms with Crippen molar-refractivity contribution in [3.8, 4) is 11.5 Å². The average Bonchev–Trinajstić information content (AvgIpc) is 3.38. The van der Waals surface area contributed by atoms with Crippen molar-refractivity contribution in [2.75, 3.05) is 11.9 Å². The minimum Gasteiger partial charge on any atom is -0.494 e. The maximum atomic E-state index is 6.08. The van der Waals surface area contributed by atoms with Crippen molar-refractivity contribution in [1.29, 1.82) is 0 Å². The Morgan fingerprint density at radius 1 is 0.853 bits per heavy atom. The first-order chi connectivity index (χ1) is 16.8. The van der Waals surface area contributed by atoms with Gasteiger partial charge in [0.15, 0.2) is 0 Å². The van der Waals surface area contributed by atoms with Crippen LogP contribution in [0.3, 0.4) is 0 Å². The van der Waals surface area contributed by atoms with E-state index in [1.165, 1.54) is 41.6 Å². The Morgan fingerprint density at radius 2 is 1.68 bits per heavy atom. The molecule has 34 heavy (non-hydrogen) atoms. The van der Waals surface area contributed by atoms with E-state index in [4.69, 9.17) is 9.47 Å². The normalized spacial score (nSPS) is 20.3. The number of hydrogen-bond donors (Lipinski definition) is 1. The molecule has 0 fully saturated rings. The Morgan fingerprint density at radius 3 is 2.50 bits per heavy atom. The van der Waals surface area contributed by atoms with Crippen LogP contribution in [-0.2, 0) is 6.61 Å². The Bertz CT molecular complexity index is 1090. The van der Waals surface area contributed by atoms with E-state index in [1.807, 2.05) is 18.2 Å². The van der Waals surface area contributed by atoms with Gasteiger partial charge in [-0.2, -0.15) is 0 Å². The first-order valence-electron chi connectivity index (χ1n) is 12.8. The summed E-state index contributed by atoms with van der Waals surface area (Å²) in [6.07, 6.45) is 10.7. The molecule has 3 unspecified atom stereocenters. The Balaban J connectivity index is 1.26. The molecule has 1 N–H and O–H groups in total. The van der Waals surface area contributed by atoms with Crippen LogP contribution in [0.1, 0.15) is 67.7 Å². The van der Waals surface area contributed by atoms with Crippen molar-refractivity contribution in [3.05, 3.63) is 102 Å². The molecule has 0 saturated heterocycles. The zero-order valence-electron chi connectivity index (χ0n) is 20.1. The molecule has 3 nitrogen and oxygen atoms in total. The van der Waals surface area contributed by atoms with Crippen LogP contribution in [0.5, 0.6) is 11.5 Å². The van der Waals surface area contributed by atoms with Gasteiger partial charge in [0.25, 0.3) is 0 Å². The molecular formula is C31H35NO2. The number of rotatable bonds is 10. The number of nitrogens with one attached hydrogen (secondary N) is 1. The van der Waals surface area contributed by atoms with Gasteiger partial charge in [0.1, 0.15) is 18.1 Å². The zero-order valence-corrected chi connectivity index (χ0v) is 20.1. The first-order valence-corrected chi connectivity index (χ1v) is 12.8. The topological polar surface area (TPSA) is 30.5 Å². The molecule has 0 amide bonds. The molecule has 0 aromatic heterocycles. The van der Waals surface area contributed by atoms with Crippen LogP contribution < -0.4 is 14.8 Å². The highest BCUT2D eigenvalue weighted by atomic mass is 16.5. The fourth-order valence-corrected chi connectivity index (χ4v) is 5.22. The predicted molar refractivity (Wildman–Crippen MR) is 140 cm³/mol. The molecule has 3 aromatic rings. The lowest BCUT2D eigenvalue weighted by Gasteiger charge is -2.37. The van der Waals surface area contributed by atoms with E-state index in [-0.39, 0.29) is 6.04 Å². The second-order valence-corrected chi connectivity index (χ2v) is 9.48. The molecule has 3 atom stereocenters. The number of ether oxygens (including phenoxy) is 2. The average molecular weight is 454 g/mol. The lowest BCUT2D eigenvalue weighted by atomic mass is 9.77. The summed E-state index contributed by atoms with van der Waals surface area (Å²) in [6, 6.07) is 25.8. The minimum atomic E-state index is 0.288. The van der Waals surface area contributed by atoms with Gasteiger partial charge in [-0.15, -0.1) is 0 Å². The second kappa shape index (κ2) is 10.8. The van der Waals surface area contributed by atoms with Crippen LogP contribution in [-0.4, -0.2) is 6.61 Å². The summed E-state index contributed by atoms with van der Waals surface area (Å²) in [5.41, 5.74) is 5.08. The summed E-state index contributed by atoms with van der Waals surface area (Å²) in [5, 5.41) is 3.84. The van der Waals surface area contributed by atoms with Gasteiger partial charge in [-0.05, 0) is 65.8 Å². The van der Waals surface area contributed by atoms with Gasteiger partial charge in [0.2, 0.25) is 0 Å². The third kappa shape index (κ3) is 5.14. The van der Waals surface area contributed by atoms with Crippen LogP contribution in [0.4, 0.5) is 5.69 Å². The first kappa shape index (κ1) is 22.6. The van der Waals surface area contributed by atoms with Crippen LogP contribution in [0.25, 0.3) is 0 Å². The highest BCUT2D eigenvalue weighted by molar-refractivity contribution is 5.61. The Hall–Kier alpha value is -3.20. The lowest BCUT2D eigenvalue weighted by molar-refractivity contribution is 0.304. The number of anilines is 1. The van der Waals surface area contributed by atoms with Crippen molar-refractivity contribution < 1.29 is 9.47 Å². The summed E-state index contributed by atoms with van der Waals surface area (Å²) < 4.78 is 12.1. The smallest absolute Gasteiger partial charge is 0.119 e. The monoisotopic (exact) mass is 453 g/mol. The predicted octanol–water partition coefficient (Wildman–Crippen LogP) is 8.05. The van der Waals surface area contributed by atoms with Crippen LogP contribution >= 0.6 is 0 Å². The van der Waals surface area contributed by atoms with Gasteiger partial charge in [0.05, 0.1) is 12.6 Å². The van der Waals surface area contributed by atoms with Gasteiger partial charge in [-0.3, -0.25) is 0 Å². The number of fused-ring (bicyclic) bond motifs is 3. The molecule has 0 radical (unpaired) electrons. The third-order valence-electron chi connectivity index (χ3n) is 7.09. The molecule has 1 aliphatic heterocycles. The maximum absolute atomic E-state index is 6.08. The van der Waals surface area contributed by atoms with E-state index in [0.717, 1.165) is 30.9 Å². The molecule has 1 heterocycles. The van der Waals surface area contributed by atoms with Crippen LogP contribution in [0.15, 0.2) is 84.9 Å². The lowest BCUT2D eigenvalue weighted by Crippen LogP contribution is -2.29. The van der Waals surface area contributed by atoms with E-state index >= 15 is 0 Å². The third-order valence-corrected chi connectivity index (χ3v) is 7.09. The summed E-state index contributed by atoms with van der Waals surface area (Å²) in [7, 11) is 0. The molecular weight excluding hydrogens is 418 g/mol. The molecule has 176 valence electrons. The number of unbranched alkanes of at least 4 members (excludes halogenated alkanes) is 3. The summed E-state index contributed by atoms with van der Waals surface area (Å²) in [4.78, 5) is 0. The van der Waals surface area contributed by atoms with Crippen LogP contribution in [0, 0.1) is 5.92 Å². The van der Waals surface area contributed by atoms with Crippen molar-refractivity contribution >= 4 is 5.69 Å². The summed E-state index contributed by atoms with van der Waals surface area (Å²) in [6.45, 7) is 3.63. The van der Waals surface area contributed by atoms with E-state index in [1.54, 1.807) is 0 Å². The van der Waals surface area contributed by atoms with E-state index < -0.39 is 0 Å². The highest BCUT2D eigenvalue weighted by Gasteiger charge is 2.38. The van der Waals surface area contributed by atoms with Gasteiger partial charge < -0.3 is 14.8 Å². The molecule has 5 rings (SSSR count). The van der Waals surface area contributed by atoms with E-state index in [2.05, 4.69) is 79.0 Å². The van der Waals surface area contributed by atoms with Gasteiger partial charge in [-0.25, -0.2) is 0 Å². The molecule has 3 aromatic carbocycles. The zero-order chi connectivity index (χ0) is 23.2. The quantitative estimate of drug-likeness (QED) is 0.249. The summed E-state index contributed by atoms with van der Waals surface area (Å²) >= 11 is 0. The molecule has 1 aliphatic carbocycles. The largest absolute Gasteiger partial charge is 0.494 e. The van der Waals surface area contributed by atoms with Crippen LogP contribution in [0.2, 0.25) is 0 Å². The van der Waals surface area contributed by atoms with Gasteiger partial charge in [-0.1, -0.05) is 80.8 Å². The Labute approximate surface area is 203 Å².